The first-order valence-corrected chi connectivity index (χ1v) is 8.77. The molecule has 0 saturated carbocycles. The van der Waals surface area contributed by atoms with E-state index in [1.165, 1.54) is 0 Å². The third-order valence-electron chi connectivity index (χ3n) is 4.32. The van der Waals surface area contributed by atoms with Crippen LogP contribution in [0.5, 0.6) is 0 Å². The Morgan fingerprint density at radius 1 is 0.840 bits per heavy atom. The normalized spacial score (nSPS) is 10.4. The van der Waals surface area contributed by atoms with Crippen molar-refractivity contribution in [3.05, 3.63) is 64.7 Å². The second-order valence-electron chi connectivity index (χ2n) is 6.09. The summed E-state index contributed by atoms with van der Waals surface area (Å²) < 4.78 is 0. The van der Waals surface area contributed by atoms with Crippen molar-refractivity contribution in [3.63, 3.8) is 0 Å². The quantitative estimate of drug-likeness (QED) is 0.755. The number of hydrogen-bond donors (Lipinski definition) is 2. The summed E-state index contributed by atoms with van der Waals surface area (Å²) in [6.07, 6.45) is 1.50. The minimum absolute atomic E-state index is 0.174. The maximum atomic E-state index is 12.3. The van der Waals surface area contributed by atoms with Gasteiger partial charge in [-0.25, -0.2) is 0 Å². The number of carbonyl (C=O) groups is 2. The minimum Gasteiger partial charge on any atom is -0.352 e. The molecule has 2 rings (SSSR count). The van der Waals surface area contributed by atoms with Crippen LogP contribution in [0.4, 0.5) is 5.69 Å². The molecule has 0 aliphatic rings. The van der Waals surface area contributed by atoms with Gasteiger partial charge in [0.2, 0.25) is 11.8 Å². The van der Waals surface area contributed by atoms with Crippen LogP contribution >= 0.6 is 0 Å². The number of nitrogens with one attached hydrogen (secondary N) is 2. The molecule has 4 heteroatoms. The van der Waals surface area contributed by atoms with Gasteiger partial charge in [-0.15, -0.1) is 0 Å². The zero-order chi connectivity index (χ0) is 18.2. The molecule has 0 saturated heterocycles. The van der Waals surface area contributed by atoms with Gasteiger partial charge in [-0.3, -0.25) is 9.59 Å². The predicted molar refractivity (Wildman–Crippen MR) is 101 cm³/mol. The zero-order valence-corrected chi connectivity index (χ0v) is 15.2. The predicted octanol–water partition coefficient (Wildman–Crippen LogP) is 3.76. The van der Waals surface area contributed by atoms with E-state index in [1.807, 2.05) is 49.4 Å². The summed E-state index contributed by atoms with van der Waals surface area (Å²) in [6, 6.07) is 13.9. The van der Waals surface area contributed by atoms with Gasteiger partial charge >= 0.3 is 0 Å². The highest BCUT2D eigenvalue weighted by Gasteiger charge is 2.13. The summed E-state index contributed by atoms with van der Waals surface area (Å²) in [7, 11) is 0. The molecule has 4 nitrogen and oxygen atoms in total. The van der Waals surface area contributed by atoms with Crippen molar-refractivity contribution in [1.29, 1.82) is 0 Å². The van der Waals surface area contributed by atoms with Gasteiger partial charge in [0.05, 0.1) is 0 Å². The van der Waals surface area contributed by atoms with Crippen LogP contribution in [0.3, 0.4) is 0 Å². The molecule has 0 fully saturated rings. The van der Waals surface area contributed by atoms with Gasteiger partial charge in [0.1, 0.15) is 6.42 Å². The van der Waals surface area contributed by atoms with Gasteiger partial charge in [0.15, 0.2) is 0 Å². The van der Waals surface area contributed by atoms with Crippen LogP contribution in [-0.2, 0) is 29.0 Å². The van der Waals surface area contributed by atoms with Gasteiger partial charge in [-0.2, -0.15) is 0 Å². The lowest BCUT2D eigenvalue weighted by Gasteiger charge is -2.14. The molecule has 2 aromatic rings. The van der Waals surface area contributed by atoms with Gasteiger partial charge in [-0.1, -0.05) is 56.3 Å². The zero-order valence-electron chi connectivity index (χ0n) is 15.2. The molecule has 0 atom stereocenters. The van der Waals surface area contributed by atoms with Crippen LogP contribution in [0.25, 0.3) is 0 Å². The number of aryl methyl sites for hydroxylation is 3. The number of carbonyl (C=O) groups excluding carboxylic acids is 2. The van der Waals surface area contributed by atoms with E-state index in [0.29, 0.717) is 6.54 Å². The maximum absolute atomic E-state index is 12.3. The molecule has 132 valence electrons. The Labute approximate surface area is 149 Å². The van der Waals surface area contributed by atoms with E-state index in [4.69, 9.17) is 0 Å². The first-order chi connectivity index (χ1) is 12.0. The number of hydrogen-bond acceptors (Lipinski definition) is 2. The summed E-state index contributed by atoms with van der Waals surface area (Å²) in [4.78, 5) is 24.3. The van der Waals surface area contributed by atoms with E-state index >= 15 is 0 Å². The first-order valence-electron chi connectivity index (χ1n) is 8.77. The fourth-order valence-electron chi connectivity index (χ4n) is 2.80. The molecule has 0 aromatic heterocycles. The Morgan fingerprint density at radius 2 is 1.44 bits per heavy atom. The lowest BCUT2D eigenvalue weighted by atomic mass is 10.0. The topological polar surface area (TPSA) is 58.2 Å². The molecule has 0 unspecified atom stereocenters. The van der Waals surface area contributed by atoms with Crippen LogP contribution in [0, 0.1) is 6.92 Å². The van der Waals surface area contributed by atoms with E-state index in [2.05, 4.69) is 24.5 Å². The third-order valence-corrected chi connectivity index (χ3v) is 4.32. The van der Waals surface area contributed by atoms with E-state index < -0.39 is 0 Å². The number of anilines is 1. The van der Waals surface area contributed by atoms with E-state index in [-0.39, 0.29) is 18.2 Å². The Hall–Kier alpha value is -2.62. The van der Waals surface area contributed by atoms with Crippen LogP contribution in [-0.4, -0.2) is 11.8 Å². The highest BCUT2D eigenvalue weighted by molar-refractivity contribution is 6.04. The smallest absolute Gasteiger partial charge is 0.233 e. The van der Waals surface area contributed by atoms with Crippen molar-refractivity contribution in [2.45, 2.75) is 46.6 Å². The fraction of sp³-hybridized carbons (Fsp3) is 0.333. The minimum atomic E-state index is -0.280. The Bertz CT molecular complexity index is 731. The molecular formula is C21H26N2O2. The second-order valence-corrected chi connectivity index (χ2v) is 6.09. The summed E-state index contributed by atoms with van der Waals surface area (Å²) >= 11 is 0. The molecule has 2 N–H and O–H groups in total. The number of para-hydroxylation sites is 1. The summed E-state index contributed by atoms with van der Waals surface area (Å²) in [6.45, 7) is 6.55. The fourth-order valence-corrected chi connectivity index (χ4v) is 2.80. The van der Waals surface area contributed by atoms with Gasteiger partial charge in [0.25, 0.3) is 0 Å². The van der Waals surface area contributed by atoms with Gasteiger partial charge in [0, 0.05) is 12.2 Å². The molecule has 0 heterocycles. The highest BCUT2D eigenvalue weighted by atomic mass is 16.2. The Morgan fingerprint density at radius 3 is 2.04 bits per heavy atom. The highest BCUT2D eigenvalue weighted by Crippen LogP contribution is 2.22. The molecule has 0 aliphatic heterocycles. The Balaban J connectivity index is 1.94. The van der Waals surface area contributed by atoms with Crippen molar-refractivity contribution in [2.24, 2.45) is 0 Å². The van der Waals surface area contributed by atoms with E-state index in [9.17, 15) is 9.59 Å². The van der Waals surface area contributed by atoms with Crippen LogP contribution < -0.4 is 10.6 Å². The van der Waals surface area contributed by atoms with E-state index in [1.54, 1.807) is 0 Å². The number of amides is 2. The molecule has 0 spiro atoms. The van der Waals surface area contributed by atoms with Crippen molar-refractivity contribution in [1.82, 2.24) is 5.32 Å². The molecule has 0 radical (unpaired) electrons. The monoisotopic (exact) mass is 338 g/mol. The molecule has 2 aromatic carbocycles. The van der Waals surface area contributed by atoms with Crippen molar-refractivity contribution in [3.8, 4) is 0 Å². The van der Waals surface area contributed by atoms with E-state index in [0.717, 1.165) is 40.8 Å². The lowest BCUT2D eigenvalue weighted by molar-refractivity contribution is -0.126. The average molecular weight is 338 g/mol. The summed E-state index contributed by atoms with van der Waals surface area (Å²) in [5.74, 6) is -0.550. The van der Waals surface area contributed by atoms with Gasteiger partial charge in [-0.05, 0) is 42.0 Å². The summed E-state index contributed by atoms with van der Waals surface area (Å²) in [5, 5.41) is 5.74. The maximum Gasteiger partial charge on any atom is 0.233 e. The SMILES string of the molecule is CCc1cccc(CC)c1NC(=O)CC(=O)NCc1ccccc1C. The molecular weight excluding hydrogens is 312 g/mol. The third kappa shape index (κ3) is 5.18. The van der Waals surface area contributed by atoms with Crippen molar-refractivity contribution in [2.75, 3.05) is 5.32 Å². The Kier molecular flexibility index (Phi) is 6.75. The average Bonchev–Trinajstić information content (AvgIpc) is 2.61. The van der Waals surface area contributed by atoms with Crippen LogP contribution in [0.15, 0.2) is 42.5 Å². The number of benzene rings is 2. The standard InChI is InChI=1S/C21H26N2O2/c1-4-16-11-8-12-17(5-2)21(16)23-20(25)13-19(24)22-14-18-10-7-6-9-15(18)3/h6-12H,4-5,13-14H2,1-3H3,(H,22,24)(H,23,25). The first kappa shape index (κ1) is 18.7. The van der Waals surface area contributed by atoms with Crippen molar-refractivity contribution < 1.29 is 9.59 Å². The molecule has 2 amide bonds. The summed E-state index contributed by atoms with van der Waals surface area (Å²) in [5.41, 5.74) is 5.21. The second kappa shape index (κ2) is 9.02. The largest absolute Gasteiger partial charge is 0.352 e. The molecule has 25 heavy (non-hydrogen) atoms. The van der Waals surface area contributed by atoms with Crippen molar-refractivity contribution >= 4 is 17.5 Å². The molecule has 0 bridgehead atoms. The van der Waals surface area contributed by atoms with Crippen LogP contribution in [0.1, 0.15) is 42.5 Å². The van der Waals surface area contributed by atoms with Crippen LogP contribution in [0.2, 0.25) is 0 Å². The molecule has 0 aliphatic carbocycles. The number of rotatable bonds is 7. The van der Waals surface area contributed by atoms with Gasteiger partial charge < -0.3 is 10.6 Å². The lowest BCUT2D eigenvalue weighted by Crippen LogP contribution is -2.28.